The zero-order valence-corrected chi connectivity index (χ0v) is 17.2. The van der Waals surface area contributed by atoms with Crippen molar-refractivity contribution in [3.8, 4) is 0 Å². The largest absolute Gasteiger partial charge is 0.466 e. The normalized spacial score (nSPS) is 14.4. The van der Waals surface area contributed by atoms with Gasteiger partial charge in [0.2, 0.25) is 11.6 Å². The third-order valence-corrected chi connectivity index (χ3v) is 5.44. The fourth-order valence-electron chi connectivity index (χ4n) is 3.91. The van der Waals surface area contributed by atoms with E-state index >= 15 is 0 Å². The number of benzene rings is 2. The fourth-order valence-corrected chi connectivity index (χ4v) is 3.91. The van der Waals surface area contributed by atoms with Gasteiger partial charge in [0.25, 0.3) is 0 Å². The lowest BCUT2D eigenvalue weighted by Crippen LogP contribution is -2.37. The summed E-state index contributed by atoms with van der Waals surface area (Å²) in [6, 6.07) is 13.5. The maximum Gasteiger partial charge on any atom is 0.353 e. The van der Waals surface area contributed by atoms with Gasteiger partial charge in [-0.15, -0.1) is 0 Å². The van der Waals surface area contributed by atoms with Crippen molar-refractivity contribution >= 4 is 39.8 Å². The Morgan fingerprint density at radius 2 is 1.94 bits per heavy atom. The predicted octanol–water partition coefficient (Wildman–Crippen LogP) is 4.06. The van der Waals surface area contributed by atoms with Gasteiger partial charge in [0.1, 0.15) is 6.33 Å². The minimum Gasteiger partial charge on any atom is -0.466 e. The minimum atomic E-state index is -0.458. The van der Waals surface area contributed by atoms with Crippen molar-refractivity contribution in [1.29, 1.82) is 0 Å². The van der Waals surface area contributed by atoms with Gasteiger partial charge in [-0.1, -0.05) is 36.4 Å². The number of ether oxygens (including phenoxy) is 1. The molecule has 1 saturated heterocycles. The van der Waals surface area contributed by atoms with Crippen molar-refractivity contribution < 1.29 is 14.5 Å². The molecule has 2 aromatic carbocycles. The SMILES string of the molecule is CCOC(=O)C1CCN(c2ncnc(Nc3cccc4ccccc34)c2[N+](=O)[O-])CC1. The third kappa shape index (κ3) is 4.25. The first kappa shape index (κ1) is 20.5. The maximum atomic E-state index is 12.0. The lowest BCUT2D eigenvalue weighted by Gasteiger charge is -2.31. The number of hydrogen-bond donors (Lipinski definition) is 1. The molecule has 1 aromatic heterocycles. The van der Waals surface area contributed by atoms with Gasteiger partial charge >= 0.3 is 11.7 Å². The standard InChI is InChI=1S/C22H23N5O4/c1-2-31-22(28)16-10-12-26(13-11-16)21-19(27(29)30)20(23-14-24-21)25-18-9-5-7-15-6-3-4-8-17(15)18/h3-9,14,16H,2,10-13H2,1H3,(H,23,24,25). The number of nitrogens with zero attached hydrogens (tertiary/aromatic N) is 4. The molecule has 0 bridgehead atoms. The van der Waals surface area contributed by atoms with Crippen LogP contribution in [-0.4, -0.2) is 40.6 Å². The second-order valence-electron chi connectivity index (χ2n) is 7.32. The number of aromatic nitrogens is 2. The molecule has 0 saturated carbocycles. The Kier molecular flexibility index (Phi) is 5.92. The first-order valence-electron chi connectivity index (χ1n) is 10.2. The average Bonchev–Trinajstić information content (AvgIpc) is 2.79. The quantitative estimate of drug-likeness (QED) is 0.360. The number of hydrogen-bond acceptors (Lipinski definition) is 8. The number of nitrogens with one attached hydrogen (secondary N) is 1. The van der Waals surface area contributed by atoms with Crippen LogP contribution in [0.25, 0.3) is 10.8 Å². The maximum absolute atomic E-state index is 12.0. The van der Waals surface area contributed by atoms with E-state index in [0.29, 0.717) is 32.5 Å². The number of carbonyl (C=O) groups is 1. The highest BCUT2D eigenvalue weighted by molar-refractivity contribution is 5.96. The zero-order valence-electron chi connectivity index (χ0n) is 17.2. The molecule has 0 spiro atoms. The van der Waals surface area contributed by atoms with E-state index in [2.05, 4.69) is 15.3 Å². The molecular formula is C22H23N5O4. The van der Waals surface area contributed by atoms with Gasteiger partial charge in [-0.25, -0.2) is 9.97 Å². The van der Waals surface area contributed by atoms with E-state index < -0.39 is 4.92 Å². The van der Waals surface area contributed by atoms with E-state index in [9.17, 15) is 14.9 Å². The van der Waals surface area contributed by atoms with Crippen LogP contribution in [0.2, 0.25) is 0 Å². The molecule has 2 heterocycles. The molecule has 9 heteroatoms. The van der Waals surface area contributed by atoms with Crippen LogP contribution < -0.4 is 10.2 Å². The van der Waals surface area contributed by atoms with E-state index in [-0.39, 0.29) is 29.2 Å². The fraction of sp³-hybridized carbons (Fsp3) is 0.318. The molecule has 0 unspecified atom stereocenters. The third-order valence-electron chi connectivity index (χ3n) is 5.44. The lowest BCUT2D eigenvalue weighted by molar-refractivity contribution is -0.383. The van der Waals surface area contributed by atoms with Crippen LogP contribution in [0.1, 0.15) is 19.8 Å². The van der Waals surface area contributed by atoms with Crippen molar-refractivity contribution in [3.05, 3.63) is 58.9 Å². The van der Waals surface area contributed by atoms with Crippen LogP contribution in [0.5, 0.6) is 0 Å². The summed E-state index contributed by atoms with van der Waals surface area (Å²) in [5.74, 6) is -0.00747. The summed E-state index contributed by atoms with van der Waals surface area (Å²) in [6.07, 6.45) is 2.45. The highest BCUT2D eigenvalue weighted by atomic mass is 16.6. The smallest absolute Gasteiger partial charge is 0.353 e. The Balaban J connectivity index is 1.62. The van der Waals surface area contributed by atoms with Gasteiger partial charge in [-0.3, -0.25) is 14.9 Å². The van der Waals surface area contributed by atoms with Crippen molar-refractivity contribution in [2.75, 3.05) is 29.9 Å². The van der Waals surface area contributed by atoms with Gasteiger partial charge in [0, 0.05) is 24.2 Å². The molecule has 0 atom stereocenters. The summed E-state index contributed by atoms with van der Waals surface area (Å²) >= 11 is 0. The second kappa shape index (κ2) is 8.95. The molecule has 0 amide bonds. The topological polar surface area (TPSA) is 110 Å². The molecule has 3 aromatic rings. The molecule has 1 N–H and O–H groups in total. The molecule has 4 rings (SSSR count). The van der Waals surface area contributed by atoms with Gasteiger partial charge in [0.15, 0.2) is 0 Å². The Morgan fingerprint density at radius 1 is 1.19 bits per heavy atom. The van der Waals surface area contributed by atoms with Crippen LogP contribution in [0.15, 0.2) is 48.8 Å². The van der Waals surface area contributed by atoms with Gasteiger partial charge in [-0.05, 0) is 31.2 Å². The zero-order chi connectivity index (χ0) is 21.8. The van der Waals surface area contributed by atoms with Crippen molar-refractivity contribution in [2.45, 2.75) is 19.8 Å². The van der Waals surface area contributed by atoms with E-state index in [1.54, 1.807) is 6.92 Å². The summed E-state index contributed by atoms with van der Waals surface area (Å²) in [5.41, 5.74) is 0.553. The van der Waals surface area contributed by atoms with Crippen LogP contribution in [-0.2, 0) is 9.53 Å². The number of nitro groups is 1. The summed E-state index contributed by atoms with van der Waals surface area (Å²) in [4.78, 5) is 33.7. The summed E-state index contributed by atoms with van der Waals surface area (Å²) in [5, 5.41) is 17.1. The Hall–Kier alpha value is -3.75. The molecule has 0 radical (unpaired) electrons. The first-order valence-corrected chi connectivity index (χ1v) is 10.2. The van der Waals surface area contributed by atoms with Crippen molar-refractivity contribution in [1.82, 2.24) is 9.97 Å². The molecular weight excluding hydrogens is 398 g/mol. The number of rotatable bonds is 6. The summed E-state index contributed by atoms with van der Waals surface area (Å²) in [6.45, 7) is 3.09. The first-order chi connectivity index (χ1) is 15.1. The summed E-state index contributed by atoms with van der Waals surface area (Å²) < 4.78 is 5.10. The lowest BCUT2D eigenvalue weighted by atomic mass is 9.97. The number of fused-ring (bicyclic) bond motifs is 1. The van der Waals surface area contributed by atoms with E-state index in [1.165, 1.54) is 6.33 Å². The molecule has 1 aliphatic heterocycles. The molecule has 160 valence electrons. The Morgan fingerprint density at radius 3 is 2.68 bits per heavy atom. The molecule has 9 nitrogen and oxygen atoms in total. The van der Waals surface area contributed by atoms with E-state index in [0.717, 1.165) is 16.5 Å². The van der Waals surface area contributed by atoms with E-state index in [4.69, 9.17) is 4.74 Å². The number of anilines is 3. The van der Waals surface area contributed by atoms with Crippen LogP contribution in [0.4, 0.5) is 23.0 Å². The Bertz CT molecular complexity index is 1110. The molecule has 1 aliphatic rings. The highest BCUT2D eigenvalue weighted by Crippen LogP contribution is 2.36. The minimum absolute atomic E-state index is 0.138. The van der Waals surface area contributed by atoms with Gasteiger partial charge in [0.05, 0.1) is 17.4 Å². The molecule has 0 aliphatic carbocycles. The van der Waals surface area contributed by atoms with Crippen LogP contribution in [0.3, 0.4) is 0 Å². The van der Waals surface area contributed by atoms with Crippen molar-refractivity contribution in [2.24, 2.45) is 5.92 Å². The van der Waals surface area contributed by atoms with Gasteiger partial charge < -0.3 is 15.0 Å². The van der Waals surface area contributed by atoms with Crippen molar-refractivity contribution in [3.63, 3.8) is 0 Å². The monoisotopic (exact) mass is 421 g/mol. The number of esters is 1. The van der Waals surface area contributed by atoms with Gasteiger partial charge in [-0.2, -0.15) is 0 Å². The van der Waals surface area contributed by atoms with Crippen LogP contribution >= 0.6 is 0 Å². The second-order valence-corrected chi connectivity index (χ2v) is 7.32. The number of carbonyl (C=O) groups excluding carboxylic acids is 1. The Labute approximate surface area is 179 Å². The van der Waals surface area contributed by atoms with E-state index in [1.807, 2.05) is 47.4 Å². The predicted molar refractivity (Wildman–Crippen MR) is 117 cm³/mol. The molecule has 31 heavy (non-hydrogen) atoms. The average molecular weight is 421 g/mol. The van der Waals surface area contributed by atoms with Crippen LogP contribution in [0, 0.1) is 16.0 Å². The summed E-state index contributed by atoms with van der Waals surface area (Å²) in [7, 11) is 0. The molecule has 1 fully saturated rings. The number of piperidine rings is 1. The highest BCUT2D eigenvalue weighted by Gasteiger charge is 2.32.